The summed E-state index contributed by atoms with van der Waals surface area (Å²) in [6.07, 6.45) is 4.09. The second-order valence-corrected chi connectivity index (χ2v) is 7.42. The van der Waals surface area contributed by atoms with Crippen molar-refractivity contribution in [2.24, 2.45) is 0 Å². The number of carbonyl (C=O) groups excluding carboxylic acids is 1. The Morgan fingerprint density at radius 1 is 1.04 bits per heavy atom. The van der Waals surface area contributed by atoms with Gasteiger partial charge in [-0.05, 0) is 17.7 Å². The smallest absolute Gasteiger partial charge is 0.261 e. The van der Waals surface area contributed by atoms with Gasteiger partial charge in [0.15, 0.2) is 0 Å². The first-order valence-corrected chi connectivity index (χ1v) is 9.81. The number of aromatic nitrogens is 2. The Kier molecular flexibility index (Phi) is 5.48. The molecule has 0 unspecified atom stereocenters. The highest BCUT2D eigenvalue weighted by molar-refractivity contribution is 5.78. The number of rotatable bonds is 6. The van der Waals surface area contributed by atoms with Gasteiger partial charge in [-0.25, -0.2) is 4.98 Å². The van der Waals surface area contributed by atoms with E-state index in [4.69, 9.17) is 0 Å². The Labute approximate surface area is 163 Å². The van der Waals surface area contributed by atoms with Gasteiger partial charge in [0, 0.05) is 24.9 Å². The average Bonchev–Trinajstić information content (AvgIpc) is 3.23. The molecule has 144 valence electrons. The minimum Gasteiger partial charge on any atom is -0.350 e. The molecule has 1 saturated heterocycles. The summed E-state index contributed by atoms with van der Waals surface area (Å²) in [5, 5.41) is 3.41. The number of nitrogens with zero attached hydrogens (tertiary/aromatic N) is 2. The summed E-state index contributed by atoms with van der Waals surface area (Å²) < 4.78 is 1.35. The number of hydrogen-bond acceptors (Lipinski definition) is 3. The molecule has 6 heteroatoms. The van der Waals surface area contributed by atoms with E-state index < -0.39 is 0 Å². The van der Waals surface area contributed by atoms with E-state index >= 15 is 0 Å². The van der Waals surface area contributed by atoms with Crippen LogP contribution in [0.5, 0.6) is 0 Å². The van der Waals surface area contributed by atoms with E-state index in [0.29, 0.717) is 17.4 Å². The van der Waals surface area contributed by atoms with Gasteiger partial charge in [0.2, 0.25) is 5.91 Å². The van der Waals surface area contributed by atoms with Gasteiger partial charge in [-0.1, -0.05) is 36.4 Å². The summed E-state index contributed by atoms with van der Waals surface area (Å²) >= 11 is 0. The number of para-hydroxylation sites is 1. The van der Waals surface area contributed by atoms with Crippen LogP contribution in [0.2, 0.25) is 0 Å². The van der Waals surface area contributed by atoms with Crippen LogP contribution in [0.3, 0.4) is 0 Å². The van der Waals surface area contributed by atoms with Crippen molar-refractivity contribution in [1.82, 2.24) is 14.9 Å². The van der Waals surface area contributed by atoms with E-state index in [0.717, 1.165) is 12.1 Å². The molecular weight excluding hydrogens is 352 g/mol. The topological polar surface area (TPSA) is 68.4 Å². The third-order valence-electron chi connectivity index (χ3n) is 5.32. The molecule has 6 nitrogen and oxygen atoms in total. The molecule has 0 saturated carbocycles. The van der Waals surface area contributed by atoms with Crippen LogP contribution in [0.4, 0.5) is 0 Å². The predicted molar refractivity (Wildman–Crippen MR) is 108 cm³/mol. The molecule has 0 aliphatic carbocycles. The van der Waals surface area contributed by atoms with Crippen LogP contribution < -0.4 is 15.8 Å². The second kappa shape index (κ2) is 8.35. The highest BCUT2D eigenvalue weighted by atomic mass is 16.2. The largest absolute Gasteiger partial charge is 0.350 e. The summed E-state index contributed by atoms with van der Waals surface area (Å²) in [4.78, 5) is 30.6. The van der Waals surface area contributed by atoms with Gasteiger partial charge in [0.25, 0.3) is 5.56 Å². The van der Waals surface area contributed by atoms with Crippen LogP contribution in [0.15, 0.2) is 59.7 Å². The maximum absolute atomic E-state index is 12.5. The van der Waals surface area contributed by atoms with Crippen LogP contribution >= 0.6 is 0 Å². The Morgan fingerprint density at radius 2 is 1.75 bits per heavy atom. The highest BCUT2D eigenvalue weighted by Gasteiger charge is 2.15. The quantitative estimate of drug-likeness (QED) is 0.671. The van der Waals surface area contributed by atoms with Gasteiger partial charge < -0.3 is 10.2 Å². The van der Waals surface area contributed by atoms with Crippen LogP contribution in [0.25, 0.3) is 10.9 Å². The van der Waals surface area contributed by atoms with E-state index in [9.17, 15) is 9.59 Å². The molecule has 4 rings (SSSR count). The Bertz CT molecular complexity index is 1020. The molecule has 1 aromatic heterocycles. The van der Waals surface area contributed by atoms with Crippen molar-refractivity contribution in [2.45, 2.75) is 32.5 Å². The lowest BCUT2D eigenvalue weighted by molar-refractivity contribution is -0.901. The summed E-state index contributed by atoms with van der Waals surface area (Å²) in [5.74, 6) is -0.204. The zero-order chi connectivity index (χ0) is 19.3. The summed E-state index contributed by atoms with van der Waals surface area (Å²) in [6.45, 7) is 4.02. The van der Waals surface area contributed by atoms with Crippen LogP contribution in [-0.4, -0.2) is 28.5 Å². The molecule has 2 aromatic carbocycles. The van der Waals surface area contributed by atoms with Crippen molar-refractivity contribution in [3.05, 3.63) is 76.3 Å². The van der Waals surface area contributed by atoms with Crippen molar-refractivity contribution in [2.75, 3.05) is 13.1 Å². The SMILES string of the molecule is O=C(Cn1cnc2ccccc2c1=O)NCc1ccc(C[NH+]2CCCC2)cc1. The Balaban J connectivity index is 1.33. The number of carbonyl (C=O) groups is 1. The van der Waals surface area contributed by atoms with Gasteiger partial charge in [0.05, 0.1) is 30.3 Å². The number of nitrogens with one attached hydrogen (secondary N) is 2. The number of amides is 1. The predicted octanol–water partition coefficient (Wildman–Crippen LogP) is 0.892. The molecule has 2 N–H and O–H groups in total. The average molecular weight is 377 g/mol. The van der Waals surface area contributed by atoms with Crippen molar-refractivity contribution in [3.8, 4) is 0 Å². The normalized spacial score (nSPS) is 14.4. The molecule has 0 bridgehead atoms. The first kappa shape index (κ1) is 18.4. The van der Waals surface area contributed by atoms with E-state index in [1.54, 1.807) is 23.1 Å². The molecule has 3 aromatic rings. The lowest BCUT2D eigenvalue weighted by Crippen LogP contribution is -3.08. The molecule has 0 radical (unpaired) electrons. The Morgan fingerprint density at radius 3 is 2.54 bits per heavy atom. The van der Waals surface area contributed by atoms with Gasteiger partial charge >= 0.3 is 0 Å². The monoisotopic (exact) mass is 377 g/mol. The Hall–Kier alpha value is -2.99. The fraction of sp³-hybridized carbons (Fsp3) is 0.318. The molecule has 1 aliphatic heterocycles. The zero-order valence-corrected chi connectivity index (χ0v) is 15.9. The lowest BCUT2D eigenvalue weighted by Gasteiger charge is -2.12. The summed E-state index contributed by atoms with van der Waals surface area (Å²) in [7, 11) is 0. The van der Waals surface area contributed by atoms with Gasteiger partial charge in [-0.3, -0.25) is 14.2 Å². The highest BCUT2D eigenvalue weighted by Crippen LogP contribution is 2.06. The molecule has 1 fully saturated rings. The van der Waals surface area contributed by atoms with Crippen LogP contribution in [-0.2, 0) is 24.4 Å². The first-order valence-electron chi connectivity index (χ1n) is 9.81. The maximum atomic E-state index is 12.5. The number of likely N-dealkylation sites (tertiary alicyclic amines) is 1. The van der Waals surface area contributed by atoms with Crippen LogP contribution in [0, 0.1) is 0 Å². The van der Waals surface area contributed by atoms with Gasteiger partial charge in [0.1, 0.15) is 13.1 Å². The molecule has 2 heterocycles. The third kappa shape index (κ3) is 4.28. The fourth-order valence-electron chi connectivity index (χ4n) is 3.75. The van der Waals surface area contributed by atoms with E-state index in [2.05, 4.69) is 34.6 Å². The maximum Gasteiger partial charge on any atom is 0.261 e. The first-order chi connectivity index (χ1) is 13.7. The number of quaternary nitrogens is 1. The number of benzene rings is 2. The number of hydrogen-bond donors (Lipinski definition) is 2. The standard InChI is InChI=1S/C22H24N4O2/c27-21(15-26-16-24-20-6-2-1-5-19(20)22(26)28)23-13-17-7-9-18(10-8-17)14-25-11-3-4-12-25/h1-2,5-10,16H,3-4,11-15H2,(H,23,27)/p+1. The molecule has 0 atom stereocenters. The summed E-state index contributed by atoms with van der Waals surface area (Å²) in [5.41, 5.74) is 2.83. The minimum absolute atomic E-state index is 0.0347. The molecule has 1 amide bonds. The number of fused-ring (bicyclic) bond motifs is 1. The van der Waals surface area contributed by atoms with Gasteiger partial charge in [-0.15, -0.1) is 0 Å². The van der Waals surface area contributed by atoms with E-state index in [-0.39, 0.29) is 18.0 Å². The zero-order valence-electron chi connectivity index (χ0n) is 15.9. The van der Waals surface area contributed by atoms with Crippen LogP contribution in [0.1, 0.15) is 24.0 Å². The van der Waals surface area contributed by atoms with Crippen molar-refractivity contribution in [3.63, 3.8) is 0 Å². The van der Waals surface area contributed by atoms with Crippen molar-refractivity contribution < 1.29 is 9.69 Å². The van der Waals surface area contributed by atoms with Gasteiger partial charge in [-0.2, -0.15) is 0 Å². The third-order valence-corrected chi connectivity index (χ3v) is 5.32. The molecule has 28 heavy (non-hydrogen) atoms. The molecule has 1 aliphatic rings. The molecular formula is C22H25N4O2+. The van der Waals surface area contributed by atoms with E-state index in [1.807, 2.05) is 6.07 Å². The van der Waals surface area contributed by atoms with Crippen molar-refractivity contribution >= 4 is 16.8 Å². The fourth-order valence-corrected chi connectivity index (χ4v) is 3.75. The second-order valence-electron chi connectivity index (χ2n) is 7.42. The summed E-state index contributed by atoms with van der Waals surface area (Å²) in [6, 6.07) is 15.6. The lowest BCUT2D eigenvalue weighted by atomic mass is 10.1. The molecule has 0 spiro atoms. The minimum atomic E-state index is -0.204. The van der Waals surface area contributed by atoms with Crippen molar-refractivity contribution in [1.29, 1.82) is 0 Å². The van der Waals surface area contributed by atoms with E-state index in [1.165, 1.54) is 42.4 Å².